The lowest BCUT2D eigenvalue weighted by Crippen LogP contribution is -2.62. The second kappa shape index (κ2) is 14.1. The Bertz CT molecular complexity index is 1530. The minimum Gasteiger partial charge on any atom is -0.460 e. The molecule has 0 aromatic heterocycles. The quantitative estimate of drug-likeness (QED) is 0.138. The summed E-state index contributed by atoms with van der Waals surface area (Å²) in [6.45, 7) is 25.5. The summed E-state index contributed by atoms with van der Waals surface area (Å²) in [5.74, 6) is -0.733. The van der Waals surface area contributed by atoms with Crippen LogP contribution in [0.15, 0.2) is 0 Å². The molecule has 1 heterocycles. The normalized spacial score (nSPS) is 42.6. The van der Waals surface area contributed by atoms with Gasteiger partial charge in [0.2, 0.25) is 0 Å². The Kier molecular flexibility index (Phi) is 11.0. The third-order valence-electron chi connectivity index (χ3n) is 16.3. The molecule has 1 amide bonds. The van der Waals surface area contributed by atoms with Crippen LogP contribution in [0.25, 0.3) is 0 Å². The van der Waals surface area contributed by atoms with Gasteiger partial charge in [0.25, 0.3) is 0 Å². The Morgan fingerprint density at radius 3 is 2.07 bits per heavy atom. The fourth-order valence-corrected chi connectivity index (χ4v) is 14.0. The number of aliphatic hydroxyl groups is 3. The van der Waals surface area contributed by atoms with E-state index in [0.29, 0.717) is 19.3 Å². The minimum absolute atomic E-state index is 0.00337. The molecule has 4 N–H and O–H groups in total. The monoisotopic (exact) mass is 790 g/mol. The number of hydrogen-bond acceptors (Lipinski definition) is 10. The number of esters is 2. The summed E-state index contributed by atoms with van der Waals surface area (Å²) >= 11 is 0. The zero-order valence-corrected chi connectivity index (χ0v) is 36.8. The number of carbonyl (C=O) groups excluding carboxylic acids is 3. The smallest absolute Gasteiger partial charge is 0.408 e. The van der Waals surface area contributed by atoms with Gasteiger partial charge in [0, 0.05) is 11.8 Å². The number of alkyl carbamates (subject to hydrolysis) is 1. The molecule has 6 rings (SSSR count). The van der Waals surface area contributed by atoms with Crippen LogP contribution < -0.4 is 5.32 Å². The molecule has 9 unspecified atom stereocenters. The van der Waals surface area contributed by atoms with Crippen molar-refractivity contribution >= 4 is 18.0 Å². The fourth-order valence-electron chi connectivity index (χ4n) is 14.0. The third kappa shape index (κ3) is 7.33. The number of fused-ring (bicyclic) bond motifs is 2. The van der Waals surface area contributed by atoms with Gasteiger partial charge in [-0.25, -0.2) is 9.59 Å². The van der Waals surface area contributed by atoms with E-state index in [-0.39, 0.29) is 70.4 Å². The van der Waals surface area contributed by atoms with Crippen LogP contribution in [0.2, 0.25) is 0 Å². The third-order valence-corrected chi connectivity index (χ3v) is 16.3. The highest BCUT2D eigenvalue weighted by atomic mass is 16.6. The molecule has 2 spiro atoms. The molecule has 11 heteroatoms. The van der Waals surface area contributed by atoms with Gasteiger partial charge in [-0.3, -0.25) is 4.79 Å². The second-order valence-electron chi connectivity index (χ2n) is 22.8. The molecule has 56 heavy (non-hydrogen) atoms. The van der Waals surface area contributed by atoms with Crippen LogP contribution in [0.1, 0.15) is 161 Å². The Balaban J connectivity index is 1.19. The topological polar surface area (TPSA) is 161 Å². The van der Waals surface area contributed by atoms with Gasteiger partial charge in [0.15, 0.2) is 0 Å². The van der Waals surface area contributed by atoms with Gasteiger partial charge in [-0.2, -0.15) is 0 Å². The Morgan fingerprint density at radius 2 is 1.48 bits per heavy atom. The number of carbonyl (C=O) groups is 3. The van der Waals surface area contributed by atoms with E-state index in [2.05, 4.69) is 39.9 Å². The van der Waals surface area contributed by atoms with Gasteiger partial charge >= 0.3 is 18.0 Å². The Hall–Kier alpha value is -1.95. The summed E-state index contributed by atoms with van der Waals surface area (Å²) in [7, 11) is 0. The largest absolute Gasteiger partial charge is 0.460 e. The highest BCUT2D eigenvalue weighted by Crippen LogP contribution is 2.89. The Morgan fingerprint density at radius 1 is 0.839 bits per heavy atom. The predicted molar refractivity (Wildman–Crippen MR) is 211 cm³/mol. The van der Waals surface area contributed by atoms with E-state index in [1.165, 1.54) is 0 Å². The Labute approximate surface area is 336 Å². The zero-order valence-electron chi connectivity index (χ0n) is 36.8. The van der Waals surface area contributed by atoms with E-state index in [9.17, 15) is 29.7 Å². The summed E-state index contributed by atoms with van der Waals surface area (Å²) < 4.78 is 23.8. The van der Waals surface area contributed by atoms with E-state index in [1.807, 2.05) is 13.8 Å². The molecule has 14 atom stereocenters. The molecular formula is C45H75NO10. The standard InChI is InChI=1S/C45H75NO10/c1-25(29-15-16-32(53-29)41(10,11)52)34-28(48)23-43(13)30-22-27(47)35-40(8,9)31(18-19-45(35)24-44(30,45)21-20-42(34,43)12)54-36(50)26(46-37(51)56-39(5,6)7)14-17-33(49)55-38(2,3)4/h25-32,34-35,47-48,52H,14-24H2,1-13H3,(H,46,51)/t25-,26-,27-,28?,29?,30?,31?,32?,34?,35-,42?,43-,44?,45?/m0/s1. The van der Waals surface area contributed by atoms with Crippen molar-refractivity contribution in [2.75, 3.05) is 0 Å². The molecule has 6 fully saturated rings. The molecule has 0 bridgehead atoms. The maximum Gasteiger partial charge on any atom is 0.408 e. The molecule has 11 nitrogen and oxygen atoms in total. The maximum absolute atomic E-state index is 14.0. The van der Waals surface area contributed by atoms with Crippen molar-refractivity contribution < 1.29 is 48.7 Å². The van der Waals surface area contributed by atoms with E-state index in [4.69, 9.17) is 18.9 Å². The van der Waals surface area contributed by atoms with E-state index in [0.717, 1.165) is 38.5 Å². The van der Waals surface area contributed by atoms with Crippen LogP contribution in [0.3, 0.4) is 0 Å². The summed E-state index contributed by atoms with van der Waals surface area (Å²) in [5, 5.41) is 37.7. The van der Waals surface area contributed by atoms with E-state index < -0.39 is 64.6 Å². The first kappa shape index (κ1) is 43.6. The molecule has 1 saturated heterocycles. The number of nitrogens with one attached hydrogen (secondary N) is 1. The first-order valence-corrected chi connectivity index (χ1v) is 21.7. The highest BCUT2D eigenvalue weighted by Gasteiger charge is 2.84. The van der Waals surface area contributed by atoms with Crippen molar-refractivity contribution in [3.8, 4) is 0 Å². The molecule has 0 radical (unpaired) electrons. The lowest BCUT2D eigenvalue weighted by Gasteiger charge is -2.64. The fraction of sp³-hybridized carbons (Fsp3) is 0.933. The number of ether oxygens (including phenoxy) is 4. The highest BCUT2D eigenvalue weighted by molar-refractivity contribution is 5.82. The van der Waals surface area contributed by atoms with Crippen molar-refractivity contribution in [1.82, 2.24) is 5.32 Å². The average molecular weight is 790 g/mol. The van der Waals surface area contributed by atoms with Crippen molar-refractivity contribution in [2.45, 2.75) is 214 Å². The summed E-state index contributed by atoms with van der Waals surface area (Å²) in [6.07, 6.45) is 4.98. The van der Waals surface area contributed by atoms with Crippen LogP contribution in [0.4, 0.5) is 4.79 Å². The molecule has 5 saturated carbocycles. The maximum atomic E-state index is 14.0. The summed E-state index contributed by atoms with van der Waals surface area (Å²) in [4.78, 5) is 39.5. The van der Waals surface area contributed by atoms with Crippen molar-refractivity contribution in [3.63, 3.8) is 0 Å². The predicted octanol–water partition coefficient (Wildman–Crippen LogP) is 7.25. The van der Waals surface area contributed by atoms with E-state index in [1.54, 1.807) is 41.5 Å². The first-order chi connectivity index (χ1) is 25.5. The number of rotatable bonds is 9. The minimum atomic E-state index is -1.12. The summed E-state index contributed by atoms with van der Waals surface area (Å²) in [6, 6.07) is -1.12. The van der Waals surface area contributed by atoms with Gasteiger partial charge in [0.1, 0.15) is 23.3 Å². The molecule has 1 aliphatic heterocycles. The SMILES string of the molecule is C[C@@H](C1CCC(C(C)(C)O)O1)C1C(O)C[C@@]2(C)C3C[C@H](O)[C@H]4C(C)(C)C(OC(=O)[C@H](CCC(=O)OC(C)(C)C)NC(=O)OC(C)(C)C)CCC45CC35CCC12C. The lowest BCUT2D eigenvalue weighted by molar-refractivity contribution is -0.210. The van der Waals surface area contributed by atoms with Gasteiger partial charge in [-0.1, -0.05) is 34.6 Å². The van der Waals surface area contributed by atoms with Gasteiger partial charge in [-0.05, 0) is 165 Å². The molecule has 0 aromatic carbocycles. The van der Waals surface area contributed by atoms with Crippen LogP contribution in [-0.2, 0) is 28.5 Å². The van der Waals surface area contributed by atoms with Gasteiger partial charge in [0.05, 0.1) is 30.0 Å². The zero-order chi connectivity index (χ0) is 41.8. The second-order valence-corrected chi connectivity index (χ2v) is 22.8. The lowest BCUT2D eigenvalue weighted by atomic mass is 9.41. The average Bonchev–Trinajstić information content (AvgIpc) is 3.28. The van der Waals surface area contributed by atoms with Crippen LogP contribution >= 0.6 is 0 Å². The van der Waals surface area contributed by atoms with Gasteiger partial charge < -0.3 is 39.6 Å². The summed E-state index contributed by atoms with van der Waals surface area (Å²) in [5.41, 5.74) is -3.27. The number of amides is 1. The van der Waals surface area contributed by atoms with Crippen molar-refractivity contribution in [2.24, 2.45) is 50.7 Å². The molecule has 5 aliphatic carbocycles. The number of aliphatic hydroxyl groups excluding tert-OH is 2. The van der Waals surface area contributed by atoms with Crippen LogP contribution in [0.5, 0.6) is 0 Å². The molecule has 320 valence electrons. The molecule has 0 aromatic rings. The van der Waals surface area contributed by atoms with Gasteiger partial charge in [-0.15, -0.1) is 0 Å². The van der Waals surface area contributed by atoms with Crippen molar-refractivity contribution in [1.29, 1.82) is 0 Å². The number of hydrogen-bond donors (Lipinski definition) is 4. The molecule has 6 aliphatic rings. The van der Waals surface area contributed by atoms with E-state index >= 15 is 0 Å². The van der Waals surface area contributed by atoms with Crippen molar-refractivity contribution in [3.05, 3.63) is 0 Å². The molecular weight excluding hydrogens is 714 g/mol. The van der Waals surface area contributed by atoms with Crippen LogP contribution in [0, 0.1) is 50.7 Å². The first-order valence-electron chi connectivity index (χ1n) is 21.7. The van der Waals surface area contributed by atoms with Crippen LogP contribution in [-0.4, -0.2) is 86.7 Å².